The van der Waals surface area contributed by atoms with Crippen LogP contribution in [0.15, 0.2) is 35.3 Å². The van der Waals surface area contributed by atoms with E-state index in [1.807, 2.05) is 0 Å². The van der Waals surface area contributed by atoms with Gasteiger partial charge < -0.3 is 4.74 Å². The summed E-state index contributed by atoms with van der Waals surface area (Å²) < 4.78 is 6.57. The summed E-state index contributed by atoms with van der Waals surface area (Å²) in [7, 11) is 0. The second-order valence-electron chi connectivity index (χ2n) is 8.52. The third-order valence-corrected chi connectivity index (χ3v) is 7.03. The van der Waals surface area contributed by atoms with E-state index in [-0.39, 0.29) is 5.60 Å². The highest BCUT2D eigenvalue weighted by molar-refractivity contribution is 5.95. The van der Waals surface area contributed by atoms with Gasteiger partial charge in [-0.1, -0.05) is 18.2 Å². The molecule has 0 aromatic heterocycles. The van der Waals surface area contributed by atoms with Gasteiger partial charge in [0.15, 0.2) is 0 Å². The summed E-state index contributed by atoms with van der Waals surface area (Å²) in [5, 5.41) is 0. The van der Waals surface area contributed by atoms with Crippen LogP contribution < -0.4 is 0 Å². The van der Waals surface area contributed by atoms with Crippen molar-refractivity contribution in [3.8, 4) is 0 Å². The minimum atomic E-state index is -0.0752. The van der Waals surface area contributed by atoms with E-state index in [0.29, 0.717) is 5.41 Å². The van der Waals surface area contributed by atoms with Crippen LogP contribution in [0.4, 0.5) is 0 Å². The quantitative estimate of drug-likeness (QED) is 0.790. The Morgan fingerprint density at radius 1 is 0.955 bits per heavy atom. The monoisotopic (exact) mass is 295 g/mol. The van der Waals surface area contributed by atoms with Crippen molar-refractivity contribution in [2.24, 2.45) is 28.2 Å². The Hall–Kier alpha value is -1.31. The van der Waals surface area contributed by atoms with Gasteiger partial charge in [-0.15, -0.1) is 0 Å². The molecule has 0 saturated heterocycles. The van der Waals surface area contributed by atoms with Crippen LogP contribution >= 0.6 is 0 Å². The van der Waals surface area contributed by atoms with Gasteiger partial charge in [-0.25, -0.2) is 4.99 Å². The van der Waals surface area contributed by atoms with E-state index in [4.69, 9.17) is 9.73 Å². The summed E-state index contributed by atoms with van der Waals surface area (Å²) in [4.78, 5) is 4.81. The van der Waals surface area contributed by atoms with Crippen LogP contribution in [0.5, 0.6) is 0 Å². The number of hydrogen-bond acceptors (Lipinski definition) is 2. The highest BCUT2D eigenvalue weighted by Gasteiger charge is 2.61. The van der Waals surface area contributed by atoms with Crippen LogP contribution in [0.2, 0.25) is 0 Å². The summed E-state index contributed by atoms with van der Waals surface area (Å²) in [6, 6.07) is 10.4. The normalized spacial score (nSPS) is 45.7. The van der Waals surface area contributed by atoms with E-state index in [1.165, 1.54) is 38.5 Å². The molecule has 0 N–H and O–H groups in total. The molecule has 6 rings (SSSR count). The van der Waals surface area contributed by atoms with Gasteiger partial charge in [0.05, 0.1) is 6.54 Å². The van der Waals surface area contributed by atoms with Gasteiger partial charge in [-0.3, -0.25) is 0 Å². The Bertz CT molecular complexity index is 585. The molecule has 0 spiro atoms. The third kappa shape index (κ3) is 1.76. The highest BCUT2D eigenvalue weighted by atomic mass is 16.5. The molecule has 4 saturated carbocycles. The minimum Gasteiger partial charge on any atom is -0.469 e. The lowest BCUT2D eigenvalue weighted by atomic mass is 9.45. The van der Waals surface area contributed by atoms with E-state index in [9.17, 15) is 0 Å². The van der Waals surface area contributed by atoms with Crippen LogP contribution in [0.3, 0.4) is 0 Å². The third-order valence-electron chi connectivity index (χ3n) is 7.03. The molecular weight excluding hydrogens is 270 g/mol. The van der Waals surface area contributed by atoms with E-state index in [1.54, 1.807) is 0 Å². The van der Waals surface area contributed by atoms with Gasteiger partial charge in [0.25, 0.3) is 0 Å². The Morgan fingerprint density at radius 2 is 1.55 bits per heavy atom. The summed E-state index contributed by atoms with van der Waals surface area (Å²) in [6.07, 6.45) is 8.61. The number of benzene rings is 1. The van der Waals surface area contributed by atoms with Gasteiger partial charge in [0, 0.05) is 11.0 Å². The van der Waals surface area contributed by atoms with Gasteiger partial charge in [0.2, 0.25) is 5.90 Å². The summed E-state index contributed by atoms with van der Waals surface area (Å²) in [6.45, 7) is 3.20. The van der Waals surface area contributed by atoms with Crippen molar-refractivity contribution in [2.45, 2.75) is 51.0 Å². The first-order valence-electron chi connectivity index (χ1n) is 8.95. The first-order chi connectivity index (χ1) is 10.7. The van der Waals surface area contributed by atoms with Gasteiger partial charge >= 0.3 is 0 Å². The zero-order valence-corrected chi connectivity index (χ0v) is 13.4. The van der Waals surface area contributed by atoms with E-state index in [2.05, 4.69) is 37.3 Å². The SMILES string of the molecule is CC1(C23CC4CC(CC(C4)C2)C3)CN=C(c2ccccc2)O1. The molecule has 2 heteroatoms. The molecule has 1 heterocycles. The molecule has 4 fully saturated rings. The molecule has 1 aromatic rings. The first-order valence-corrected chi connectivity index (χ1v) is 8.95. The Labute approximate surface area is 133 Å². The zero-order valence-electron chi connectivity index (χ0n) is 13.4. The maximum atomic E-state index is 6.57. The maximum absolute atomic E-state index is 6.57. The highest BCUT2D eigenvalue weighted by Crippen LogP contribution is 2.65. The molecule has 0 radical (unpaired) electrons. The summed E-state index contributed by atoms with van der Waals surface area (Å²) >= 11 is 0. The summed E-state index contributed by atoms with van der Waals surface area (Å²) in [5.74, 6) is 3.77. The fraction of sp³-hybridized carbons (Fsp3) is 0.650. The van der Waals surface area contributed by atoms with E-state index >= 15 is 0 Å². The smallest absolute Gasteiger partial charge is 0.216 e. The van der Waals surface area contributed by atoms with Crippen LogP contribution in [0, 0.1) is 23.2 Å². The van der Waals surface area contributed by atoms with Crippen LogP contribution in [0.1, 0.15) is 51.0 Å². The van der Waals surface area contributed by atoms with Crippen LogP contribution in [0.25, 0.3) is 0 Å². The molecule has 1 atom stereocenters. The fourth-order valence-electron chi connectivity index (χ4n) is 6.27. The van der Waals surface area contributed by atoms with Gasteiger partial charge in [0.1, 0.15) is 5.60 Å². The van der Waals surface area contributed by atoms with Gasteiger partial charge in [-0.05, 0) is 75.3 Å². The largest absolute Gasteiger partial charge is 0.469 e. The number of nitrogens with zero attached hydrogens (tertiary/aromatic N) is 1. The molecule has 1 aromatic carbocycles. The summed E-state index contributed by atoms with van der Waals surface area (Å²) in [5.41, 5.74) is 1.45. The lowest BCUT2D eigenvalue weighted by molar-refractivity contribution is -0.151. The van der Waals surface area contributed by atoms with E-state index in [0.717, 1.165) is 35.8 Å². The Kier molecular flexibility index (Phi) is 2.61. The van der Waals surface area contributed by atoms with Crippen molar-refractivity contribution in [1.82, 2.24) is 0 Å². The minimum absolute atomic E-state index is 0.0752. The first kappa shape index (κ1) is 13.2. The second kappa shape index (κ2) is 4.37. The number of aliphatic imine (C=N–C) groups is 1. The van der Waals surface area contributed by atoms with E-state index < -0.39 is 0 Å². The van der Waals surface area contributed by atoms with Gasteiger partial charge in [-0.2, -0.15) is 0 Å². The average molecular weight is 295 g/mol. The van der Waals surface area contributed by atoms with Crippen molar-refractivity contribution in [1.29, 1.82) is 0 Å². The topological polar surface area (TPSA) is 21.6 Å². The number of ether oxygens (including phenoxy) is 1. The molecule has 4 bridgehead atoms. The van der Waals surface area contributed by atoms with Crippen molar-refractivity contribution in [3.05, 3.63) is 35.9 Å². The maximum Gasteiger partial charge on any atom is 0.216 e. The van der Waals surface area contributed by atoms with Crippen molar-refractivity contribution in [3.63, 3.8) is 0 Å². The molecule has 1 aliphatic heterocycles. The Morgan fingerprint density at radius 3 is 2.14 bits per heavy atom. The molecular formula is C20H25NO. The van der Waals surface area contributed by atoms with Crippen LogP contribution in [-0.4, -0.2) is 18.0 Å². The number of rotatable bonds is 2. The fourth-order valence-corrected chi connectivity index (χ4v) is 6.27. The lowest BCUT2D eigenvalue weighted by Crippen LogP contribution is -2.58. The molecule has 0 amide bonds. The lowest BCUT2D eigenvalue weighted by Gasteiger charge is -2.61. The molecule has 1 unspecified atom stereocenters. The van der Waals surface area contributed by atoms with Crippen molar-refractivity contribution >= 4 is 5.90 Å². The molecule has 5 aliphatic rings. The average Bonchev–Trinajstić information content (AvgIpc) is 2.91. The Balaban J connectivity index is 1.44. The predicted molar refractivity (Wildman–Crippen MR) is 87.9 cm³/mol. The molecule has 116 valence electrons. The van der Waals surface area contributed by atoms with Crippen molar-refractivity contribution in [2.75, 3.05) is 6.54 Å². The predicted octanol–water partition coefficient (Wildman–Crippen LogP) is 4.44. The molecule has 2 nitrogen and oxygen atoms in total. The van der Waals surface area contributed by atoms with Crippen molar-refractivity contribution < 1.29 is 4.74 Å². The standard InChI is InChI=1S/C20H25NO/c1-19(13-21-18(22-19)17-5-3-2-4-6-17)20-10-14-7-15(11-20)9-16(8-14)12-20/h2-6,14-16H,7-13H2,1H3. The number of hydrogen-bond donors (Lipinski definition) is 0. The zero-order chi connectivity index (χ0) is 14.8. The second-order valence-corrected chi connectivity index (χ2v) is 8.52. The molecule has 4 aliphatic carbocycles. The van der Waals surface area contributed by atoms with Crippen LogP contribution in [-0.2, 0) is 4.74 Å². The molecule has 22 heavy (non-hydrogen) atoms.